The number of carbonyl (C=O) groups is 1. The molecule has 0 spiro atoms. The summed E-state index contributed by atoms with van der Waals surface area (Å²) in [7, 11) is 0. The Morgan fingerprint density at radius 2 is 2.20 bits per heavy atom. The van der Waals surface area contributed by atoms with Crippen LogP contribution >= 0.6 is 15.9 Å². The lowest BCUT2D eigenvalue weighted by molar-refractivity contribution is 0.0690. The third-order valence-corrected chi connectivity index (χ3v) is 3.67. The van der Waals surface area contributed by atoms with Gasteiger partial charge in [0.2, 0.25) is 0 Å². The molecule has 0 fully saturated rings. The summed E-state index contributed by atoms with van der Waals surface area (Å²) >= 11 is 3.48. The third-order valence-electron chi connectivity index (χ3n) is 3.21. The molecule has 1 aromatic carbocycles. The lowest BCUT2D eigenvalue weighted by Gasteiger charge is -2.17. The number of nitrogens with zero attached hydrogens (tertiary/aromatic N) is 1. The minimum Gasteiger partial charge on any atom is -0.487 e. The van der Waals surface area contributed by atoms with Crippen LogP contribution in [-0.4, -0.2) is 26.9 Å². The Kier molecular flexibility index (Phi) is 2.86. The fourth-order valence-electron chi connectivity index (χ4n) is 2.43. The third kappa shape index (κ3) is 2.20. The molecule has 0 bridgehead atoms. The predicted molar refractivity (Wildman–Crippen MR) is 77.1 cm³/mol. The lowest BCUT2D eigenvalue weighted by atomic mass is 10.00. The van der Waals surface area contributed by atoms with E-state index in [0.717, 1.165) is 27.8 Å². The Morgan fingerprint density at radius 3 is 2.85 bits per heavy atom. The minimum atomic E-state index is -1.03. The largest absolute Gasteiger partial charge is 0.487 e. The number of aromatic amines is 1. The van der Waals surface area contributed by atoms with Crippen molar-refractivity contribution in [2.24, 2.45) is 0 Å². The molecule has 2 heterocycles. The Hall–Kier alpha value is -1.82. The molecule has 2 N–H and O–H groups in total. The van der Waals surface area contributed by atoms with Crippen molar-refractivity contribution < 1.29 is 14.6 Å². The maximum Gasteiger partial charge on any atom is 0.353 e. The number of hydrogen-bond donors (Lipinski definition) is 2. The number of rotatable bonds is 2. The Morgan fingerprint density at radius 1 is 1.45 bits per heavy atom. The molecule has 2 aromatic rings. The molecule has 0 atom stereocenters. The number of halogens is 1. The second kappa shape index (κ2) is 4.34. The van der Waals surface area contributed by atoms with Gasteiger partial charge in [-0.05, 0) is 37.6 Å². The van der Waals surface area contributed by atoms with Gasteiger partial charge in [0.15, 0.2) is 0 Å². The summed E-state index contributed by atoms with van der Waals surface area (Å²) in [6, 6.07) is 5.43. The highest BCUT2D eigenvalue weighted by Gasteiger charge is 2.33. The Labute approximate surface area is 124 Å². The number of aromatic nitrogens is 2. The topological polar surface area (TPSA) is 75.2 Å². The summed E-state index contributed by atoms with van der Waals surface area (Å²) in [5, 5.41) is 15.5. The van der Waals surface area contributed by atoms with Crippen LogP contribution in [0.25, 0.3) is 11.3 Å². The monoisotopic (exact) mass is 336 g/mol. The van der Waals surface area contributed by atoms with E-state index < -0.39 is 5.97 Å². The molecule has 6 heteroatoms. The van der Waals surface area contributed by atoms with Crippen LogP contribution in [0.3, 0.4) is 0 Å². The minimum absolute atomic E-state index is 0.0611. The number of carboxylic acid groups (broad SMARTS) is 1. The molecule has 1 aliphatic heterocycles. The zero-order valence-corrected chi connectivity index (χ0v) is 12.6. The van der Waals surface area contributed by atoms with E-state index in [9.17, 15) is 4.79 Å². The number of hydrogen-bond acceptors (Lipinski definition) is 3. The van der Waals surface area contributed by atoms with Crippen LogP contribution in [0.2, 0.25) is 0 Å². The average molecular weight is 337 g/mol. The van der Waals surface area contributed by atoms with Gasteiger partial charge in [-0.25, -0.2) is 4.79 Å². The maximum absolute atomic E-state index is 10.9. The van der Waals surface area contributed by atoms with Crippen LogP contribution in [-0.2, 0) is 6.42 Å². The lowest BCUT2D eigenvalue weighted by Crippen LogP contribution is -2.24. The van der Waals surface area contributed by atoms with Gasteiger partial charge in [-0.15, -0.1) is 0 Å². The first kappa shape index (κ1) is 13.2. The summed E-state index contributed by atoms with van der Waals surface area (Å²) in [5.41, 5.74) is 2.26. The van der Waals surface area contributed by atoms with Crippen molar-refractivity contribution in [2.75, 3.05) is 0 Å². The maximum atomic E-state index is 10.9. The van der Waals surface area contributed by atoms with Crippen LogP contribution in [0.15, 0.2) is 22.7 Å². The molecule has 5 nitrogen and oxygen atoms in total. The Bertz CT molecular complexity index is 706. The number of benzene rings is 1. The molecular weight excluding hydrogens is 324 g/mol. The van der Waals surface area contributed by atoms with Crippen LogP contribution in [0, 0.1) is 0 Å². The van der Waals surface area contributed by atoms with E-state index in [2.05, 4.69) is 26.1 Å². The number of aromatic carboxylic acids is 1. The summed E-state index contributed by atoms with van der Waals surface area (Å²) in [6.07, 6.45) is 0.810. The van der Waals surface area contributed by atoms with Crippen molar-refractivity contribution in [3.05, 3.63) is 33.9 Å². The molecule has 1 aromatic heterocycles. The van der Waals surface area contributed by atoms with E-state index in [1.807, 2.05) is 26.0 Å². The standard InChI is InChI=1S/C14H13BrN2O3/c1-14(2)6-7-3-8(15)4-9(12(7)20-14)10-5-11(13(18)19)17-16-10/h3-5H,6H2,1-2H3,(H,16,17)(H,18,19). The number of ether oxygens (including phenoxy) is 1. The highest BCUT2D eigenvalue weighted by atomic mass is 79.9. The predicted octanol–water partition coefficient (Wildman–Crippen LogP) is 3.25. The van der Waals surface area contributed by atoms with Gasteiger partial charge in [0.05, 0.1) is 5.69 Å². The van der Waals surface area contributed by atoms with Crippen LogP contribution in [0.1, 0.15) is 29.9 Å². The van der Waals surface area contributed by atoms with Crippen molar-refractivity contribution in [3.8, 4) is 17.0 Å². The zero-order chi connectivity index (χ0) is 14.5. The van der Waals surface area contributed by atoms with Crippen molar-refractivity contribution >= 4 is 21.9 Å². The van der Waals surface area contributed by atoms with Gasteiger partial charge in [0.25, 0.3) is 0 Å². The van der Waals surface area contributed by atoms with Gasteiger partial charge < -0.3 is 9.84 Å². The molecule has 0 saturated heterocycles. The first-order chi connectivity index (χ1) is 9.35. The van der Waals surface area contributed by atoms with Gasteiger partial charge in [0, 0.05) is 16.5 Å². The molecule has 0 amide bonds. The number of carboxylic acids is 1. The van der Waals surface area contributed by atoms with E-state index in [1.165, 1.54) is 6.07 Å². The first-order valence-electron chi connectivity index (χ1n) is 6.16. The molecule has 0 saturated carbocycles. The van der Waals surface area contributed by atoms with Gasteiger partial charge in [0.1, 0.15) is 17.0 Å². The van der Waals surface area contributed by atoms with Crippen molar-refractivity contribution in [2.45, 2.75) is 25.9 Å². The Balaban J connectivity index is 2.13. The molecule has 20 heavy (non-hydrogen) atoms. The van der Waals surface area contributed by atoms with Gasteiger partial charge in [-0.3, -0.25) is 5.10 Å². The van der Waals surface area contributed by atoms with E-state index >= 15 is 0 Å². The van der Waals surface area contributed by atoms with Crippen LogP contribution in [0.4, 0.5) is 0 Å². The van der Waals surface area contributed by atoms with E-state index in [4.69, 9.17) is 9.84 Å². The number of nitrogens with one attached hydrogen (secondary N) is 1. The molecular formula is C14H13BrN2O3. The molecule has 0 radical (unpaired) electrons. The second-order valence-electron chi connectivity index (χ2n) is 5.45. The van der Waals surface area contributed by atoms with Gasteiger partial charge in [-0.1, -0.05) is 15.9 Å². The summed E-state index contributed by atoms with van der Waals surface area (Å²) in [5.74, 6) is -0.252. The van der Waals surface area contributed by atoms with Gasteiger partial charge in [-0.2, -0.15) is 5.10 Å². The molecule has 3 rings (SSSR count). The van der Waals surface area contributed by atoms with Crippen LogP contribution in [0.5, 0.6) is 5.75 Å². The normalized spacial score (nSPS) is 15.8. The first-order valence-corrected chi connectivity index (χ1v) is 6.95. The molecule has 0 aliphatic carbocycles. The highest BCUT2D eigenvalue weighted by Crippen LogP contribution is 2.43. The summed E-state index contributed by atoms with van der Waals surface area (Å²) < 4.78 is 6.91. The zero-order valence-electron chi connectivity index (χ0n) is 11.0. The fraction of sp³-hybridized carbons (Fsp3) is 0.286. The molecule has 104 valence electrons. The average Bonchev–Trinajstić information content (AvgIpc) is 2.90. The second-order valence-corrected chi connectivity index (χ2v) is 6.37. The van der Waals surface area contributed by atoms with Crippen LogP contribution < -0.4 is 4.74 Å². The number of fused-ring (bicyclic) bond motifs is 1. The fourth-order valence-corrected chi connectivity index (χ4v) is 2.94. The quantitative estimate of drug-likeness (QED) is 0.882. The highest BCUT2D eigenvalue weighted by molar-refractivity contribution is 9.10. The summed E-state index contributed by atoms with van der Waals surface area (Å²) in [4.78, 5) is 10.9. The SMILES string of the molecule is CC1(C)Cc2cc(Br)cc(-c3cc(C(=O)O)[nH]n3)c2O1. The smallest absolute Gasteiger partial charge is 0.353 e. The van der Waals surface area contributed by atoms with Gasteiger partial charge >= 0.3 is 5.97 Å². The van der Waals surface area contributed by atoms with E-state index in [0.29, 0.717) is 5.69 Å². The number of H-pyrrole nitrogens is 1. The van der Waals surface area contributed by atoms with Crippen molar-refractivity contribution in [1.29, 1.82) is 0 Å². The molecule has 1 aliphatic rings. The molecule has 0 unspecified atom stereocenters. The van der Waals surface area contributed by atoms with E-state index in [1.54, 1.807) is 0 Å². The van der Waals surface area contributed by atoms with Crippen molar-refractivity contribution in [1.82, 2.24) is 10.2 Å². The summed E-state index contributed by atoms with van der Waals surface area (Å²) in [6.45, 7) is 4.05. The van der Waals surface area contributed by atoms with E-state index in [-0.39, 0.29) is 11.3 Å². The van der Waals surface area contributed by atoms with Crippen molar-refractivity contribution in [3.63, 3.8) is 0 Å².